The van der Waals surface area contributed by atoms with Crippen molar-refractivity contribution in [1.29, 1.82) is 0 Å². The first kappa shape index (κ1) is 22.7. The fourth-order valence-corrected chi connectivity index (χ4v) is 4.83. The van der Waals surface area contributed by atoms with Gasteiger partial charge in [0.2, 0.25) is 5.91 Å². The second-order valence-corrected chi connectivity index (χ2v) is 8.62. The van der Waals surface area contributed by atoms with E-state index in [1.807, 2.05) is 71.6 Å². The van der Waals surface area contributed by atoms with Crippen LogP contribution in [0.25, 0.3) is 0 Å². The molecule has 1 saturated heterocycles. The average molecular weight is 463 g/mol. The molecule has 1 atom stereocenters. The Balaban J connectivity index is 1.31. The van der Waals surface area contributed by atoms with Crippen LogP contribution in [-0.2, 0) is 11.3 Å². The van der Waals surface area contributed by atoms with E-state index in [1.54, 1.807) is 31.0 Å². The maximum absolute atomic E-state index is 12.5. The molecule has 0 unspecified atom stereocenters. The number of carbonyl (C=O) groups excluding carboxylic acids is 2. The third-order valence-electron chi connectivity index (χ3n) is 5.34. The molecule has 2 amide bonds. The molecule has 0 aliphatic carbocycles. The molecule has 4 rings (SSSR count). The Labute approximate surface area is 197 Å². The molecule has 7 heteroatoms. The summed E-state index contributed by atoms with van der Waals surface area (Å²) in [6.07, 6.45) is 0. The summed E-state index contributed by atoms with van der Waals surface area (Å²) >= 11 is 1.61. The summed E-state index contributed by atoms with van der Waals surface area (Å²) in [5, 5.41) is 2.82. The average Bonchev–Trinajstić information content (AvgIpc) is 3.22. The van der Waals surface area contributed by atoms with Crippen LogP contribution >= 0.6 is 11.8 Å². The first-order valence-electron chi connectivity index (χ1n) is 10.7. The number of methoxy groups -OCH3 is 1. The summed E-state index contributed by atoms with van der Waals surface area (Å²) < 4.78 is 10.9. The van der Waals surface area contributed by atoms with Gasteiger partial charge in [-0.25, -0.2) is 0 Å². The minimum atomic E-state index is -0.165. The van der Waals surface area contributed by atoms with E-state index in [-0.39, 0.29) is 17.2 Å². The number of ether oxygens (including phenoxy) is 2. The Morgan fingerprint density at radius 2 is 1.70 bits per heavy atom. The highest BCUT2D eigenvalue weighted by molar-refractivity contribution is 8.00. The molecule has 1 N–H and O–H groups in total. The highest BCUT2D eigenvalue weighted by atomic mass is 32.2. The fourth-order valence-electron chi connectivity index (χ4n) is 3.65. The predicted molar refractivity (Wildman–Crippen MR) is 129 cm³/mol. The van der Waals surface area contributed by atoms with Crippen LogP contribution in [0.4, 0.5) is 0 Å². The van der Waals surface area contributed by atoms with Gasteiger partial charge in [0.05, 0.1) is 19.4 Å². The number of amides is 2. The van der Waals surface area contributed by atoms with Crippen LogP contribution in [-0.4, -0.2) is 42.7 Å². The normalized spacial score (nSPS) is 15.4. The topological polar surface area (TPSA) is 67.9 Å². The van der Waals surface area contributed by atoms with Crippen molar-refractivity contribution in [1.82, 2.24) is 10.2 Å². The molecule has 0 spiro atoms. The lowest BCUT2D eigenvalue weighted by Crippen LogP contribution is -2.28. The van der Waals surface area contributed by atoms with Gasteiger partial charge in [-0.3, -0.25) is 9.59 Å². The van der Waals surface area contributed by atoms with Crippen molar-refractivity contribution in [3.63, 3.8) is 0 Å². The fraction of sp³-hybridized carbons (Fsp3) is 0.231. The van der Waals surface area contributed by atoms with Gasteiger partial charge in [0.15, 0.2) is 11.5 Å². The van der Waals surface area contributed by atoms with Crippen LogP contribution in [0.2, 0.25) is 0 Å². The van der Waals surface area contributed by atoms with E-state index in [1.165, 1.54) is 0 Å². The predicted octanol–water partition coefficient (Wildman–Crippen LogP) is 4.28. The van der Waals surface area contributed by atoms with Crippen molar-refractivity contribution >= 4 is 23.6 Å². The minimum Gasteiger partial charge on any atom is -0.493 e. The van der Waals surface area contributed by atoms with Gasteiger partial charge in [-0.05, 0) is 35.4 Å². The standard InChI is InChI=1S/C26H26N2O4S/c1-31-22-9-5-6-10-23(22)32-16-15-27-25(30)20-11-13-21(14-12-20)26-28(24(29)18-33-26)17-19-7-3-2-4-8-19/h2-14,26H,15-18H2,1H3,(H,27,30)/t26-/m0/s1. The molecule has 1 heterocycles. The number of carbonyl (C=O) groups is 2. The van der Waals surface area contributed by atoms with Gasteiger partial charge in [-0.2, -0.15) is 0 Å². The van der Waals surface area contributed by atoms with Gasteiger partial charge in [0.25, 0.3) is 5.91 Å². The Bertz CT molecular complexity index is 1090. The van der Waals surface area contributed by atoms with Gasteiger partial charge >= 0.3 is 0 Å². The maximum atomic E-state index is 12.5. The number of rotatable bonds is 9. The van der Waals surface area contributed by atoms with E-state index < -0.39 is 0 Å². The van der Waals surface area contributed by atoms with Gasteiger partial charge in [-0.1, -0.05) is 54.6 Å². The molecule has 33 heavy (non-hydrogen) atoms. The van der Waals surface area contributed by atoms with Crippen LogP contribution in [0, 0.1) is 0 Å². The Morgan fingerprint density at radius 3 is 2.42 bits per heavy atom. The maximum Gasteiger partial charge on any atom is 0.251 e. The molecule has 0 aromatic heterocycles. The highest BCUT2D eigenvalue weighted by Crippen LogP contribution is 2.39. The van der Waals surface area contributed by atoms with Crippen molar-refractivity contribution in [3.8, 4) is 11.5 Å². The second-order valence-electron chi connectivity index (χ2n) is 7.55. The number of para-hydroxylation sites is 2. The molecule has 170 valence electrons. The molecule has 1 aliphatic heterocycles. The summed E-state index contributed by atoms with van der Waals surface area (Å²) in [5.74, 6) is 1.73. The highest BCUT2D eigenvalue weighted by Gasteiger charge is 2.32. The van der Waals surface area contributed by atoms with Gasteiger partial charge in [0.1, 0.15) is 12.0 Å². The smallest absolute Gasteiger partial charge is 0.251 e. The number of hydrogen-bond acceptors (Lipinski definition) is 5. The number of benzene rings is 3. The molecule has 6 nitrogen and oxygen atoms in total. The SMILES string of the molecule is COc1ccccc1OCCNC(=O)c1ccc([C@@H]2SCC(=O)N2Cc2ccccc2)cc1. The van der Waals surface area contributed by atoms with Crippen LogP contribution in [0.5, 0.6) is 11.5 Å². The molecular formula is C26H26N2O4S. The lowest BCUT2D eigenvalue weighted by molar-refractivity contribution is -0.128. The summed E-state index contributed by atoms with van der Waals surface area (Å²) in [6, 6.07) is 24.8. The zero-order valence-electron chi connectivity index (χ0n) is 18.4. The first-order valence-corrected chi connectivity index (χ1v) is 11.8. The Hall–Kier alpha value is -3.45. The van der Waals surface area contributed by atoms with E-state index >= 15 is 0 Å². The summed E-state index contributed by atoms with van der Waals surface area (Å²) in [4.78, 5) is 26.8. The van der Waals surface area contributed by atoms with Crippen molar-refractivity contribution in [3.05, 3.63) is 95.6 Å². The third kappa shape index (κ3) is 5.68. The van der Waals surface area contributed by atoms with Crippen LogP contribution in [0.15, 0.2) is 78.9 Å². The third-order valence-corrected chi connectivity index (χ3v) is 6.59. The van der Waals surface area contributed by atoms with E-state index in [9.17, 15) is 9.59 Å². The van der Waals surface area contributed by atoms with Crippen molar-refractivity contribution in [2.45, 2.75) is 11.9 Å². The molecular weight excluding hydrogens is 436 g/mol. The first-order chi connectivity index (χ1) is 16.2. The molecule has 0 bridgehead atoms. The van der Waals surface area contributed by atoms with Crippen molar-refractivity contribution in [2.24, 2.45) is 0 Å². The summed E-state index contributed by atoms with van der Waals surface area (Å²) in [6.45, 7) is 1.28. The van der Waals surface area contributed by atoms with Gasteiger partial charge in [-0.15, -0.1) is 11.8 Å². The molecule has 1 aliphatic rings. The Kier molecular flexibility index (Phi) is 7.52. The zero-order chi connectivity index (χ0) is 23.0. The molecule has 3 aromatic carbocycles. The number of hydrogen-bond donors (Lipinski definition) is 1. The minimum absolute atomic E-state index is 0.0518. The van der Waals surface area contributed by atoms with Crippen LogP contribution < -0.4 is 14.8 Å². The largest absolute Gasteiger partial charge is 0.493 e. The van der Waals surface area contributed by atoms with E-state index in [0.29, 0.717) is 42.5 Å². The van der Waals surface area contributed by atoms with E-state index in [0.717, 1.165) is 11.1 Å². The number of nitrogens with one attached hydrogen (secondary N) is 1. The lowest BCUT2D eigenvalue weighted by atomic mass is 10.1. The molecule has 0 radical (unpaired) electrons. The lowest BCUT2D eigenvalue weighted by Gasteiger charge is -2.24. The summed E-state index contributed by atoms with van der Waals surface area (Å²) in [5.41, 5.74) is 2.68. The van der Waals surface area contributed by atoms with E-state index in [4.69, 9.17) is 9.47 Å². The number of nitrogens with zero attached hydrogens (tertiary/aromatic N) is 1. The van der Waals surface area contributed by atoms with Crippen LogP contribution in [0.1, 0.15) is 26.9 Å². The van der Waals surface area contributed by atoms with E-state index in [2.05, 4.69) is 5.32 Å². The van der Waals surface area contributed by atoms with Crippen LogP contribution in [0.3, 0.4) is 0 Å². The van der Waals surface area contributed by atoms with Gasteiger partial charge < -0.3 is 19.7 Å². The summed E-state index contributed by atoms with van der Waals surface area (Å²) in [7, 11) is 1.59. The molecule has 0 saturated carbocycles. The van der Waals surface area contributed by atoms with Crippen molar-refractivity contribution < 1.29 is 19.1 Å². The Morgan fingerprint density at radius 1 is 1.00 bits per heavy atom. The second kappa shape index (κ2) is 10.9. The quantitative estimate of drug-likeness (QED) is 0.481. The monoisotopic (exact) mass is 462 g/mol. The van der Waals surface area contributed by atoms with Gasteiger partial charge in [0, 0.05) is 12.1 Å². The number of thioether (sulfide) groups is 1. The molecule has 3 aromatic rings. The zero-order valence-corrected chi connectivity index (χ0v) is 19.2. The van der Waals surface area contributed by atoms with Crippen molar-refractivity contribution in [2.75, 3.05) is 26.0 Å². The molecule has 1 fully saturated rings.